The second kappa shape index (κ2) is 5.11. The van der Waals surface area contributed by atoms with Crippen molar-refractivity contribution < 1.29 is 14.5 Å². The number of carbonyl (C=O) groups is 1. The third-order valence-corrected chi connectivity index (χ3v) is 1.99. The van der Waals surface area contributed by atoms with Crippen molar-refractivity contribution in [1.82, 2.24) is 5.32 Å². The highest BCUT2D eigenvalue weighted by Gasteiger charge is 2.14. The van der Waals surface area contributed by atoms with E-state index in [4.69, 9.17) is 4.74 Å². The first-order valence-corrected chi connectivity index (χ1v) is 4.63. The molecule has 0 aliphatic rings. The maximum absolute atomic E-state index is 10.8. The van der Waals surface area contributed by atoms with Crippen LogP contribution >= 0.6 is 0 Å². The molecule has 0 aliphatic heterocycles. The lowest BCUT2D eigenvalue weighted by atomic mass is 10.1. The Morgan fingerprint density at radius 2 is 2.25 bits per heavy atom. The van der Waals surface area contributed by atoms with E-state index in [0.717, 1.165) is 5.56 Å². The predicted molar refractivity (Wildman–Crippen MR) is 57.1 cm³/mol. The fourth-order valence-electron chi connectivity index (χ4n) is 1.22. The summed E-state index contributed by atoms with van der Waals surface area (Å²) < 4.78 is 4.77. The van der Waals surface area contributed by atoms with Gasteiger partial charge in [0.15, 0.2) is 0 Å². The number of nitro groups is 1. The van der Waals surface area contributed by atoms with Crippen molar-refractivity contribution in [3.63, 3.8) is 0 Å². The van der Waals surface area contributed by atoms with Crippen molar-refractivity contribution in [2.75, 3.05) is 7.05 Å². The summed E-state index contributed by atoms with van der Waals surface area (Å²) in [6.07, 6.45) is -0.615. The number of carbonyl (C=O) groups excluding carboxylic acids is 1. The van der Waals surface area contributed by atoms with Crippen molar-refractivity contribution in [2.24, 2.45) is 0 Å². The third-order valence-electron chi connectivity index (χ3n) is 1.99. The highest BCUT2D eigenvalue weighted by atomic mass is 16.6. The van der Waals surface area contributed by atoms with E-state index in [0.29, 0.717) is 5.56 Å². The Labute approximate surface area is 92.4 Å². The van der Waals surface area contributed by atoms with Crippen LogP contribution in [-0.4, -0.2) is 18.1 Å². The van der Waals surface area contributed by atoms with Gasteiger partial charge in [-0.05, 0) is 13.0 Å². The third kappa shape index (κ3) is 2.94. The highest BCUT2D eigenvalue weighted by Crippen LogP contribution is 2.20. The number of hydrogen-bond acceptors (Lipinski definition) is 4. The van der Waals surface area contributed by atoms with Crippen molar-refractivity contribution in [2.45, 2.75) is 13.5 Å². The van der Waals surface area contributed by atoms with E-state index in [9.17, 15) is 14.9 Å². The molecule has 0 aromatic heterocycles. The van der Waals surface area contributed by atoms with Crippen LogP contribution in [0.25, 0.3) is 0 Å². The van der Waals surface area contributed by atoms with E-state index in [1.54, 1.807) is 12.1 Å². The molecular formula is C10H12N2O4. The van der Waals surface area contributed by atoms with Crippen LogP contribution in [0.1, 0.15) is 11.1 Å². The smallest absolute Gasteiger partial charge is 0.407 e. The molecule has 1 N–H and O–H groups in total. The van der Waals surface area contributed by atoms with Crippen LogP contribution in [0.15, 0.2) is 18.2 Å². The fourth-order valence-corrected chi connectivity index (χ4v) is 1.22. The largest absolute Gasteiger partial charge is 0.444 e. The van der Waals surface area contributed by atoms with Gasteiger partial charge in [-0.15, -0.1) is 0 Å². The summed E-state index contributed by atoms with van der Waals surface area (Å²) in [4.78, 5) is 21.0. The minimum atomic E-state index is -0.615. The topological polar surface area (TPSA) is 81.5 Å². The van der Waals surface area contributed by atoms with Crippen molar-refractivity contribution in [3.05, 3.63) is 39.4 Å². The number of ether oxygens (including phenoxy) is 1. The van der Waals surface area contributed by atoms with Gasteiger partial charge in [-0.25, -0.2) is 4.79 Å². The molecule has 0 saturated heterocycles. The minimum absolute atomic E-state index is 0.0468. The Morgan fingerprint density at radius 3 is 2.81 bits per heavy atom. The van der Waals surface area contributed by atoms with Gasteiger partial charge in [-0.1, -0.05) is 11.6 Å². The Morgan fingerprint density at radius 1 is 1.56 bits per heavy atom. The number of amides is 1. The first-order chi connectivity index (χ1) is 7.54. The molecule has 0 bridgehead atoms. The molecule has 1 rings (SSSR count). The van der Waals surface area contributed by atoms with Crippen LogP contribution < -0.4 is 5.32 Å². The Kier molecular flexibility index (Phi) is 3.82. The molecule has 16 heavy (non-hydrogen) atoms. The average molecular weight is 224 g/mol. The monoisotopic (exact) mass is 224 g/mol. The second-order valence-electron chi connectivity index (χ2n) is 3.22. The van der Waals surface area contributed by atoms with Crippen molar-refractivity contribution >= 4 is 11.8 Å². The normalized spacial score (nSPS) is 9.62. The maximum Gasteiger partial charge on any atom is 0.407 e. The van der Waals surface area contributed by atoms with Gasteiger partial charge in [0, 0.05) is 13.1 Å². The highest BCUT2D eigenvalue weighted by molar-refractivity contribution is 5.66. The molecule has 0 saturated carbocycles. The van der Waals surface area contributed by atoms with E-state index in [2.05, 4.69) is 5.32 Å². The van der Waals surface area contributed by atoms with Gasteiger partial charge in [0.2, 0.25) is 0 Å². The molecule has 0 fully saturated rings. The summed E-state index contributed by atoms with van der Waals surface area (Å²) in [6.45, 7) is 1.70. The molecule has 6 heteroatoms. The molecule has 0 heterocycles. The molecule has 0 radical (unpaired) electrons. The summed E-state index contributed by atoms with van der Waals surface area (Å²) in [5.74, 6) is 0. The van der Waals surface area contributed by atoms with E-state index < -0.39 is 11.0 Å². The van der Waals surface area contributed by atoms with Gasteiger partial charge in [0.1, 0.15) is 6.61 Å². The molecule has 0 atom stereocenters. The molecule has 0 unspecified atom stereocenters. The van der Waals surface area contributed by atoms with Crippen LogP contribution in [0.4, 0.5) is 10.5 Å². The van der Waals surface area contributed by atoms with E-state index in [1.807, 2.05) is 6.92 Å². The number of nitrogens with zero attached hydrogens (tertiary/aromatic N) is 1. The Hall–Kier alpha value is -2.11. The molecule has 86 valence electrons. The quantitative estimate of drug-likeness (QED) is 0.626. The number of nitrogens with one attached hydrogen (secondary N) is 1. The van der Waals surface area contributed by atoms with Crippen LogP contribution in [0.2, 0.25) is 0 Å². The van der Waals surface area contributed by atoms with Gasteiger partial charge >= 0.3 is 6.09 Å². The summed E-state index contributed by atoms with van der Waals surface area (Å²) in [6, 6.07) is 4.67. The molecular weight excluding hydrogens is 212 g/mol. The molecule has 6 nitrogen and oxygen atoms in total. The second-order valence-corrected chi connectivity index (χ2v) is 3.22. The molecule has 1 aromatic carbocycles. The van der Waals surface area contributed by atoms with Crippen LogP contribution in [-0.2, 0) is 11.3 Å². The Bertz CT molecular complexity index is 417. The summed E-state index contributed by atoms with van der Waals surface area (Å²) in [7, 11) is 1.42. The summed E-state index contributed by atoms with van der Waals surface area (Å²) in [5, 5.41) is 13.0. The molecule has 1 amide bonds. The lowest BCUT2D eigenvalue weighted by Crippen LogP contribution is -2.19. The predicted octanol–water partition coefficient (Wildman–Crippen LogP) is 1.76. The number of alkyl carbamates (subject to hydrolysis) is 1. The lowest BCUT2D eigenvalue weighted by Gasteiger charge is -2.05. The van der Waals surface area contributed by atoms with Gasteiger partial charge in [0.05, 0.1) is 10.5 Å². The summed E-state index contributed by atoms with van der Waals surface area (Å²) >= 11 is 0. The zero-order valence-electron chi connectivity index (χ0n) is 9.02. The number of rotatable bonds is 3. The fraction of sp³-hybridized carbons (Fsp3) is 0.300. The Balaban J connectivity index is 2.88. The lowest BCUT2D eigenvalue weighted by molar-refractivity contribution is -0.385. The average Bonchev–Trinajstić information content (AvgIpc) is 2.25. The zero-order chi connectivity index (χ0) is 12.1. The number of benzene rings is 1. The maximum atomic E-state index is 10.8. The van der Waals surface area contributed by atoms with E-state index >= 15 is 0 Å². The number of hydrogen-bond donors (Lipinski definition) is 1. The molecule has 1 aromatic rings. The van der Waals surface area contributed by atoms with Gasteiger partial charge in [-0.3, -0.25) is 10.1 Å². The van der Waals surface area contributed by atoms with E-state index in [-0.39, 0.29) is 12.3 Å². The standard InChI is InChI=1S/C10H12N2O4/c1-7-3-4-9(12(14)15)8(5-7)6-16-10(13)11-2/h3-5H,6H2,1-2H3,(H,11,13). The minimum Gasteiger partial charge on any atom is -0.444 e. The molecule has 0 spiro atoms. The van der Waals surface area contributed by atoms with Crippen LogP contribution in [0, 0.1) is 17.0 Å². The van der Waals surface area contributed by atoms with Crippen molar-refractivity contribution in [3.8, 4) is 0 Å². The first kappa shape index (κ1) is 12.0. The van der Waals surface area contributed by atoms with Crippen LogP contribution in [0.3, 0.4) is 0 Å². The molecule has 0 aliphatic carbocycles. The zero-order valence-corrected chi connectivity index (χ0v) is 9.02. The van der Waals surface area contributed by atoms with Crippen molar-refractivity contribution in [1.29, 1.82) is 0 Å². The number of nitro benzene ring substituents is 1. The SMILES string of the molecule is CNC(=O)OCc1cc(C)ccc1[N+](=O)[O-]. The van der Waals surface area contributed by atoms with E-state index in [1.165, 1.54) is 13.1 Å². The van der Waals surface area contributed by atoms with Gasteiger partial charge in [-0.2, -0.15) is 0 Å². The first-order valence-electron chi connectivity index (χ1n) is 4.63. The van der Waals surface area contributed by atoms with Crippen LogP contribution in [0.5, 0.6) is 0 Å². The number of aryl methyl sites for hydroxylation is 1. The van der Waals surface area contributed by atoms with Gasteiger partial charge in [0.25, 0.3) is 5.69 Å². The van der Waals surface area contributed by atoms with Gasteiger partial charge < -0.3 is 10.1 Å². The summed E-state index contributed by atoms with van der Waals surface area (Å²) in [5.41, 5.74) is 1.21.